The molecule has 40 heavy (non-hydrogen) atoms. The molecule has 0 spiro atoms. The molecule has 0 unspecified atom stereocenters. The molecule has 1 aliphatic carbocycles. The Morgan fingerprint density at radius 2 is 1.68 bits per heavy atom. The van der Waals surface area contributed by atoms with Crippen LogP contribution in [0, 0.1) is 16.7 Å². The van der Waals surface area contributed by atoms with Gasteiger partial charge in [0.05, 0.1) is 50.3 Å². The fourth-order valence-corrected chi connectivity index (χ4v) is 5.48. The topological polar surface area (TPSA) is 110 Å². The van der Waals surface area contributed by atoms with Gasteiger partial charge in [0, 0.05) is 49.6 Å². The summed E-state index contributed by atoms with van der Waals surface area (Å²) in [7, 11) is 1.70. The van der Waals surface area contributed by atoms with Crippen molar-refractivity contribution in [3.05, 3.63) is 48.4 Å². The second-order valence-corrected chi connectivity index (χ2v) is 11.4. The summed E-state index contributed by atoms with van der Waals surface area (Å²) in [6, 6.07) is 10.5. The third kappa shape index (κ3) is 6.97. The van der Waals surface area contributed by atoms with Gasteiger partial charge in [0.15, 0.2) is 0 Å². The number of aromatic nitrogens is 4. The van der Waals surface area contributed by atoms with Crippen LogP contribution in [-0.4, -0.2) is 77.3 Å². The van der Waals surface area contributed by atoms with Crippen molar-refractivity contribution in [1.82, 2.24) is 24.6 Å². The highest BCUT2D eigenvalue weighted by atomic mass is 16.5. The maximum atomic E-state index is 9.05. The molecule has 1 saturated carbocycles. The van der Waals surface area contributed by atoms with Gasteiger partial charge in [0.2, 0.25) is 5.95 Å². The zero-order valence-corrected chi connectivity index (χ0v) is 23.7. The second-order valence-electron chi connectivity index (χ2n) is 11.4. The fraction of sp³-hybridized carbons (Fsp3) is 0.533. The summed E-state index contributed by atoms with van der Waals surface area (Å²) in [5.74, 6) is 1.01. The van der Waals surface area contributed by atoms with Gasteiger partial charge in [-0.05, 0) is 43.4 Å². The molecule has 1 aromatic carbocycles. The summed E-state index contributed by atoms with van der Waals surface area (Å²) >= 11 is 0. The number of nitrogens with zero attached hydrogens (tertiary/aromatic N) is 6. The SMILES string of the molecule is COCC(C)(C)COc1nn(C2CCC(N3CCOCC3)CC2)cc1Nc1ncc(-c2ccc(C#N)cc2)cn1. The minimum atomic E-state index is -0.161. The number of anilines is 2. The zero-order valence-electron chi connectivity index (χ0n) is 23.7. The Bertz CT molecular complexity index is 1270. The third-order valence-corrected chi connectivity index (χ3v) is 7.68. The highest BCUT2D eigenvalue weighted by Gasteiger charge is 2.29. The predicted octanol–water partition coefficient (Wildman–Crippen LogP) is 4.82. The summed E-state index contributed by atoms with van der Waals surface area (Å²) < 4.78 is 19.2. The average Bonchev–Trinajstić information content (AvgIpc) is 3.39. The first-order chi connectivity index (χ1) is 19.4. The van der Waals surface area contributed by atoms with Crippen molar-refractivity contribution in [2.75, 3.05) is 51.9 Å². The molecule has 0 bridgehead atoms. The summed E-state index contributed by atoms with van der Waals surface area (Å²) in [4.78, 5) is 11.7. The van der Waals surface area contributed by atoms with Gasteiger partial charge in [-0.2, -0.15) is 5.26 Å². The van der Waals surface area contributed by atoms with E-state index in [-0.39, 0.29) is 5.41 Å². The Kier molecular flexibility index (Phi) is 8.94. The van der Waals surface area contributed by atoms with Crippen molar-refractivity contribution in [3.63, 3.8) is 0 Å². The molecule has 5 rings (SSSR count). The van der Waals surface area contributed by atoms with Crippen LogP contribution in [0.5, 0.6) is 5.88 Å². The first-order valence-corrected chi connectivity index (χ1v) is 14.1. The van der Waals surface area contributed by atoms with Crippen LogP contribution >= 0.6 is 0 Å². The van der Waals surface area contributed by atoms with E-state index in [0.717, 1.165) is 68.8 Å². The third-order valence-electron chi connectivity index (χ3n) is 7.68. The van der Waals surface area contributed by atoms with Gasteiger partial charge in [-0.15, -0.1) is 5.10 Å². The molecule has 3 aromatic rings. The molecule has 2 aromatic heterocycles. The smallest absolute Gasteiger partial charge is 0.256 e. The molecule has 0 amide bonds. The van der Waals surface area contributed by atoms with E-state index >= 15 is 0 Å². The first kappa shape index (κ1) is 28.0. The van der Waals surface area contributed by atoms with E-state index in [1.54, 1.807) is 31.6 Å². The van der Waals surface area contributed by atoms with Gasteiger partial charge in [-0.25, -0.2) is 9.97 Å². The Morgan fingerprint density at radius 1 is 1.00 bits per heavy atom. The van der Waals surface area contributed by atoms with Crippen molar-refractivity contribution in [2.45, 2.75) is 51.6 Å². The van der Waals surface area contributed by atoms with Gasteiger partial charge in [0.25, 0.3) is 5.88 Å². The van der Waals surface area contributed by atoms with Gasteiger partial charge in [-0.3, -0.25) is 9.58 Å². The van der Waals surface area contributed by atoms with Crippen molar-refractivity contribution in [2.24, 2.45) is 5.41 Å². The summed E-state index contributed by atoms with van der Waals surface area (Å²) in [6.45, 7) is 9.01. The zero-order chi connectivity index (χ0) is 28.0. The number of hydrogen-bond acceptors (Lipinski definition) is 9. The predicted molar refractivity (Wildman–Crippen MR) is 153 cm³/mol. The molecular weight excluding hydrogens is 506 g/mol. The lowest BCUT2D eigenvalue weighted by atomic mass is 9.90. The Hall–Kier alpha value is -3.52. The number of nitrogens with one attached hydrogen (secondary N) is 1. The van der Waals surface area contributed by atoms with Gasteiger partial charge < -0.3 is 19.5 Å². The highest BCUT2D eigenvalue weighted by molar-refractivity contribution is 5.64. The summed E-state index contributed by atoms with van der Waals surface area (Å²) in [5.41, 5.74) is 3.03. The standard InChI is InChI=1S/C30H39N7O3/c1-30(2,20-38-3)21-40-28-27(34-29-32-17-24(18-33-29)23-6-4-22(16-31)5-7-23)19-37(35-28)26-10-8-25(9-11-26)36-12-14-39-15-13-36/h4-7,17-19,25-26H,8-15,20-21H2,1-3H3,(H,32,33,34). The molecule has 0 atom stereocenters. The van der Waals surface area contributed by atoms with E-state index in [4.69, 9.17) is 24.6 Å². The number of nitriles is 1. The van der Waals surface area contributed by atoms with E-state index < -0.39 is 0 Å². The summed E-state index contributed by atoms with van der Waals surface area (Å²) in [6.07, 6.45) is 10.0. The maximum absolute atomic E-state index is 9.05. The van der Waals surface area contributed by atoms with Crippen molar-refractivity contribution in [3.8, 4) is 23.1 Å². The van der Waals surface area contributed by atoms with Gasteiger partial charge >= 0.3 is 0 Å². The fourth-order valence-electron chi connectivity index (χ4n) is 5.48. The Balaban J connectivity index is 1.30. The minimum absolute atomic E-state index is 0.161. The molecule has 10 nitrogen and oxygen atoms in total. The second kappa shape index (κ2) is 12.8. The molecule has 3 heterocycles. The lowest BCUT2D eigenvalue weighted by Crippen LogP contribution is -2.45. The molecule has 1 N–H and O–H groups in total. The maximum Gasteiger partial charge on any atom is 0.256 e. The Labute approximate surface area is 236 Å². The average molecular weight is 546 g/mol. The first-order valence-electron chi connectivity index (χ1n) is 14.1. The van der Waals surface area contributed by atoms with Crippen molar-refractivity contribution < 1.29 is 14.2 Å². The molecule has 1 aliphatic heterocycles. The van der Waals surface area contributed by atoms with Crippen LogP contribution in [0.15, 0.2) is 42.9 Å². The van der Waals surface area contributed by atoms with E-state index in [9.17, 15) is 0 Å². The molecule has 2 aliphatic rings. The number of ether oxygens (including phenoxy) is 3. The van der Waals surface area contributed by atoms with Crippen LogP contribution in [0.3, 0.4) is 0 Å². The number of methoxy groups -OCH3 is 1. The molecule has 10 heteroatoms. The van der Waals surface area contributed by atoms with E-state index in [1.165, 1.54) is 0 Å². The number of rotatable bonds is 10. The molecule has 212 valence electrons. The number of benzene rings is 1. The van der Waals surface area contributed by atoms with E-state index in [0.29, 0.717) is 42.7 Å². The van der Waals surface area contributed by atoms with Crippen LogP contribution < -0.4 is 10.1 Å². The number of morpholine rings is 1. The van der Waals surface area contributed by atoms with Crippen molar-refractivity contribution in [1.29, 1.82) is 5.26 Å². The molecular formula is C30H39N7O3. The monoisotopic (exact) mass is 545 g/mol. The highest BCUT2D eigenvalue weighted by Crippen LogP contribution is 2.35. The lowest BCUT2D eigenvalue weighted by molar-refractivity contribution is 0.00499. The number of hydrogen-bond donors (Lipinski definition) is 1. The van der Waals surface area contributed by atoms with Crippen LogP contribution in [0.25, 0.3) is 11.1 Å². The van der Waals surface area contributed by atoms with E-state index in [2.05, 4.69) is 44.8 Å². The van der Waals surface area contributed by atoms with Crippen LogP contribution in [0.4, 0.5) is 11.6 Å². The van der Waals surface area contributed by atoms with Gasteiger partial charge in [0.1, 0.15) is 5.69 Å². The Morgan fingerprint density at radius 3 is 2.33 bits per heavy atom. The van der Waals surface area contributed by atoms with Crippen LogP contribution in [0.2, 0.25) is 0 Å². The quantitative estimate of drug-likeness (QED) is 0.383. The van der Waals surface area contributed by atoms with Crippen molar-refractivity contribution >= 4 is 11.6 Å². The van der Waals surface area contributed by atoms with Crippen LogP contribution in [0.1, 0.15) is 51.1 Å². The van der Waals surface area contributed by atoms with Crippen LogP contribution in [-0.2, 0) is 9.47 Å². The summed E-state index contributed by atoms with van der Waals surface area (Å²) in [5, 5.41) is 17.3. The minimum Gasteiger partial charge on any atom is -0.474 e. The molecule has 1 saturated heterocycles. The lowest BCUT2D eigenvalue weighted by Gasteiger charge is -2.38. The largest absolute Gasteiger partial charge is 0.474 e. The van der Waals surface area contributed by atoms with E-state index in [1.807, 2.05) is 18.3 Å². The van der Waals surface area contributed by atoms with Gasteiger partial charge in [-0.1, -0.05) is 26.0 Å². The molecule has 2 fully saturated rings. The molecule has 0 radical (unpaired) electrons. The normalized spacial score (nSPS) is 20.1.